The van der Waals surface area contributed by atoms with Gasteiger partial charge in [0, 0.05) is 38.8 Å². The first kappa shape index (κ1) is 16.9. The lowest BCUT2D eigenvalue weighted by molar-refractivity contribution is 0.0793. The van der Waals surface area contributed by atoms with E-state index in [1.54, 1.807) is 0 Å². The molecule has 1 aliphatic rings. The molecule has 1 N–H and O–H groups in total. The second-order valence-electron chi connectivity index (χ2n) is 6.27. The third-order valence-electron chi connectivity index (χ3n) is 4.36. The largest absolute Gasteiger partial charge is 0.380 e. The highest BCUT2D eigenvalue weighted by molar-refractivity contribution is 4.82. The lowest BCUT2D eigenvalue weighted by Gasteiger charge is -2.41. The Morgan fingerprint density at radius 2 is 1.95 bits per heavy atom. The molecular weight excluding hydrogens is 236 g/mol. The normalized spacial score (nSPS) is 28.7. The molecule has 1 fully saturated rings. The number of rotatable bonds is 9. The molecule has 1 rings (SSSR count). The first-order valence-corrected chi connectivity index (χ1v) is 8.17. The Morgan fingerprint density at radius 3 is 2.68 bits per heavy atom. The molecule has 1 heterocycles. The fourth-order valence-electron chi connectivity index (χ4n) is 2.97. The second-order valence-corrected chi connectivity index (χ2v) is 6.27. The van der Waals surface area contributed by atoms with Crippen molar-refractivity contribution in [2.45, 2.75) is 53.0 Å². The van der Waals surface area contributed by atoms with E-state index >= 15 is 0 Å². The van der Waals surface area contributed by atoms with Crippen LogP contribution in [0.4, 0.5) is 0 Å². The van der Waals surface area contributed by atoms with Gasteiger partial charge in [-0.25, -0.2) is 0 Å². The van der Waals surface area contributed by atoms with Crippen LogP contribution in [0.25, 0.3) is 0 Å². The summed E-state index contributed by atoms with van der Waals surface area (Å²) in [5.41, 5.74) is 0. The highest BCUT2D eigenvalue weighted by atomic mass is 16.5. The first-order valence-electron chi connectivity index (χ1n) is 8.17. The van der Waals surface area contributed by atoms with Gasteiger partial charge in [0.25, 0.3) is 0 Å². The molecular formula is C16H34N2O. The van der Waals surface area contributed by atoms with Gasteiger partial charge >= 0.3 is 0 Å². The standard InChI is InChI=1S/C16H34N2O/c1-5-6-10-19-11-8-17-7-9-18-13-14(2)12-15(3)16(18)4/h14-17H,5-13H2,1-4H3. The molecule has 114 valence electrons. The SMILES string of the molecule is CCCCOCCNCCN1CC(C)CC(C)C1C. The molecule has 0 aromatic carbocycles. The van der Waals surface area contributed by atoms with Crippen LogP contribution in [-0.2, 0) is 4.74 Å². The van der Waals surface area contributed by atoms with Crippen LogP contribution in [0, 0.1) is 11.8 Å². The number of likely N-dealkylation sites (tertiary alicyclic amines) is 1. The number of unbranched alkanes of at least 4 members (excludes halogenated alkanes) is 1. The number of hydrogen-bond acceptors (Lipinski definition) is 3. The summed E-state index contributed by atoms with van der Waals surface area (Å²) >= 11 is 0. The minimum atomic E-state index is 0.735. The van der Waals surface area contributed by atoms with Gasteiger partial charge in [0.2, 0.25) is 0 Å². The molecule has 1 saturated heterocycles. The fourth-order valence-corrected chi connectivity index (χ4v) is 2.97. The van der Waals surface area contributed by atoms with E-state index in [9.17, 15) is 0 Å². The molecule has 0 aromatic rings. The van der Waals surface area contributed by atoms with Crippen molar-refractivity contribution in [1.29, 1.82) is 0 Å². The van der Waals surface area contributed by atoms with Crippen LogP contribution in [0.2, 0.25) is 0 Å². The summed E-state index contributed by atoms with van der Waals surface area (Å²) in [6, 6.07) is 0.735. The Morgan fingerprint density at radius 1 is 1.16 bits per heavy atom. The molecule has 0 aliphatic carbocycles. The maximum Gasteiger partial charge on any atom is 0.0590 e. The van der Waals surface area contributed by atoms with Crippen LogP contribution >= 0.6 is 0 Å². The van der Waals surface area contributed by atoms with Gasteiger partial charge in [-0.05, 0) is 31.6 Å². The van der Waals surface area contributed by atoms with Crippen LogP contribution in [0.5, 0.6) is 0 Å². The van der Waals surface area contributed by atoms with Crippen molar-refractivity contribution in [3.8, 4) is 0 Å². The highest BCUT2D eigenvalue weighted by Crippen LogP contribution is 2.26. The van der Waals surface area contributed by atoms with Crippen molar-refractivity contribution in [2.24, 2.45) is 11.8 Å². The molecule has 0 spiro atoms. The number of ether oxygens (including phenoxy) is 1. The third kappa shape index (κ3) is 6.73. The maximum atomic E-state index is 5.55. The van der Waals surface area contributed by atoms with Crippen molar-refractivity contribution in [3.05, 3.63) is 0 Å². The quantitative estimate of drug-likeness (QED) is 0.652. The van der Waals surface area contributed by atoms with E-state index < -0.39 is 0 Å². The van der Waals surface area contributed by atoms with Gasteiger partial charge in [-0.3, -0.25) is 4.90 Å². The summed E-state index contributed by atoms with van der Waals surface area (Å²) in [4.78, 5) is 2.64. The van der Waals surface area contributed by atoms with Gasteiger partial charge in [0.15, 0.2) is 0 Å². The third-order valence-corrected chi connectivity index (χ3v) is 4.36. The van der Waals surface area contributed by atoms with Crippen molar-refractivity contribution in [1.82, 2.24) is 10.2 Å². The first-order chi connectivity index (χ1) is 9.15. The predicted molar refractivity (Wildman–Crippen MR) is 82.6 cm³/mol. The maximum absolute atomic E-state index is 5.55. The van der Waals surface area contributed by atoms with E-state index in [2.05, 4.69) is 37.9 Å². The van der Waals surface area contributed by atoms with E-state index in [1.807, 2.05) is 0 Å². The van der Waals surface area contributed by atoms with E-state index in [4.69, 9.17) is 4.74 Å². The topological polar surface area (TPSA) is 24.5 Å². The van der Waals surface area contributed by atoms with E-state index in [0.717, 1.165) is 44.2 Å². The van der Waals surface area contributed by atoms with Gasteiger partial charge in [-0.15, -0.1) is 0 Å². The Bertz CT molecular complexity index is 223. The summed E-state index contributed by atoms with van der Waals surface area (Å²) in [5.74, 6) is 1.68. The molecule has 3 unspecified atom stereocenters. The van der Waals surface area contributed by atoms with Crippen molar-refractivity contribution in [2.75, 3.05) is 39.4 Å². The highest BCUT2D eigenvalue weighted by Gasteiger charge is 2.27. The van der Waals surface area contributed by atoms with E-state index in [1.165, 1.54) is 32.4 Å². The average molecular weight is 270 g/mol. The smallest absolute Gasteiger partial charge is 0.0590 e. The molecule has 1 aliphatic heterocycles. The van der Waals surface area contributed by atoms with E-state index in [0.29, 0.717) is 0 Å². The Balaban J connectivity index is 2.02. The zero-order valence-corrected chi connectivity index (χ0v) is 13.5. The number of piperidine rings is 1. The Labute approximate surface area is 120 Å². The fraction of sp³-hybridized carbons (Fsp3) is 1.00. The molecule has 0 saturated carbocycles. The number of nitrogens with zero attached hydrogens (tertiary/aromatic N) is 1. The van der Waals surface area contributed by atoms with Crippen molar-refractivity contribution in [3.63, 3.8) is 0 Å². The molecule has 0 aromatic heterocycles. The van der Waals surface area contributed by atoms with Crippen molar-refractivity contribution >= 4 is 0 Å². The minimum Gasteiger partial charge on any atom is -0.380 e. The van der Waals surface area contributed by atoms with Crippen molar-refractivity contribution < 1.29 is 4.74 Å². The van der Waals surface area contributed by atoms with Gasteiger partial charge in [-0.2, -0.15) is 0 Å². The lowest BCUT2D eigenvalue weighted by atomic mass is 9.86. The number of hydrogen-bond donors (Lipinski definition) is 1. The van der Waals surface area contributed by atoms with Gasteiger partial charge in [-0.1, -0.05) is 27.2 Å². The minimum absolute atomic E-state index is 0.735. The molecule has 0 radical (unpaired) electrons. The zero-order chi connectivity index (χ0) is 14.1. The average Bonchev–Trinajstić information content (AvgIpc) is 2.38. The summed E-state index contributed by atoms with van der Waals surface area (Å²) in [6.07, 6.45) is 3.79. The van der Waals surface area contributed by atoms with Gasteiger partial charge in [0.1, 0.15) is 0 Å². The predicted octanol–water partition coefficient (Wildman–Crippen LogP) is 2.76. The molecule has 3 nitrogen and oxygen atoms in total. The summed E-state index contributed by atoms with van der Waals surface area (Å²) in [7, 11) is 0. The molecule has 3 heteroatoms. The molecule has 19 heavy (non-hydrogen) atoms. The molecule has 3 atom stereocenters. The van der Waals surface area contributed by atoms with Crippen LogP contribution in [0.1, 0.15) is 47.0 Å². The van der Waals surface area contributed by atoms with Gasteiger partial charge in [0.05, 0.1) is 6.61 Å². The van der Waals surface area contributed by atoms with Crippen LogP contribution in [-0.4, -0.2) is 50.3 Å². The molecule has 0 bridgehead atoms. The van der Waals surface area contributed by atoms with Crippen LogP contribution in [0.3, 0.4) is 0 Å². The lowest BCUT2D eigenvalue weighted by Crippen LogP contribution is -2.48. The monoisotopic (exact) mass is 270 g/mol. The Hall–Kier alpha value is -0.120. The van der Waals surface area contributed by atoms with E-state index in [-0.39, 0.29) is 0 Å². The summed E-state index contributed by atoms with van der Waals surface area (Å²) < 4.78 is 5.55. The summed E-state index contributed by atoms with van der Waals surface area (Å²) in [5, 5.41) is 3.49. The number of nitrogens with one attached hydrogen (secondary N) is 1. The second kappa shape index (κ2) is 9.73. The van der Waals surface area contributed by atoms with Crippen LogP contribution in [0.15, 0.2) is 0 Å². The molecule has 0 amide bonds. The summed E-state index contributed by atoms with van der Waals surface area (Å²) in [6.45, 7) is 15.6. The Kier molecular flexibility index (Phi) is 8.67. The van der Waals surface area contributed by atoms with Crippen LogP contribution < -0.4 is 5.32 Å². The van der Waals surface area contributed by atoms with Gasteiger partial charge < -0.3 is 10.1 Å². The zero-order valence-electron chi connectivity index (χ0n) is 13.5.